The van der Waals surface area contributed by atoms with Gasteiger partial charge in [-0.25, -0.2) is 9.59 Å². The van der Waals surface area contributed by atoms with Gasteiger partial charge in [0.15, 0.2) is 12.2 Å². The summed E-state index contributed by atoms with van der Waals surface area (Å²) >= 11 is 0. The summed E-state index contributed by atoms with van der Waals surface area (Å²) < 4.78 is 4.47. The highest BCUT2D eigenvalue weighted by Gasteiger charge is 2.57. The molecule has 11 nitrogen and oxygen atoms in total. The maximum atomic E-state index is 10.8. The summed E-state index contributed by atoms with van der Waals surface area (Å²) in [5.41, 5.74) is 0. The third kappa shape index (κ3) is 7.92. The molecule has 0 bridgehead atoms. The van der Waals surface area contributed by atoms with Crippen LogP contribution in [-0.4, -0.2) is 56.5 Å². The number of carboxylic acid groups (broad SMARTS) is 4. The van der Waals surface area contributed by atoms with Crippen molar-refractivity contribution in [1.29, 1.82) is 0 Å². The second-order valence-electron chi connectivity index (χ2n) is 5.56. The molecular formula is C14H28N2O9. The molecule has 11 heteroatoms. The van der Waals surface area contributed by atoms with Crippen LogP contribution < -0.4 is 12.3 Å². The molecule has 148 valence electrons. The van der Waals surface area contributed by atoms with Crippen molar-refractivity contribution in [3.05, 3.63) is 0 Å². The van der Waals surface area contributed by atoms with Gasteiger partial charge >= 0.3 is 23.9 Å². The lowest BCUT2D eigenvalue weighted by Crippen LogP contribution is -2.39. The molecule has 1 aliphatic heterocycles. The van der Waals surface area contributed by atoms with Crippen molar-refractivity contribution >= 4 is 23.9 Å². The Bertz CT molecular complexity index is 431. The topological polar surface area (TPSA) is 228 Å². The molecule has 0 aromatic rings. The molecule has 1 fully saturated rings. The monoisotopic (exact) mass is 368 g/mol. The summed E-state index contributed by atoms with van der Waals surface area (Å²) in [5.74, 6) is -9.87. The van der Waals surface area contributed by atoms with Crippen molar-refractivity contribution in [2.75, 3.05) is 0 Å². The second-order valence-corrected chi connectivity index (χ2v) is 5.56. The van der Waals surface area contributed by atoms with Crippen LogP contribution in [0, 0.1) is 17.8 Å². The lowest BCUT2D eigenvalue weighted by molar-refractivity contribution is -0.163. The maximum Gasteiger partial charge on any atom is 0.333 e. The van der Waals surface area contributed by atoms with E-state index in [1.54, 1.807) is 0 Å². The molecule has 0 aliphatic carbocycles. The van der Waals surface area contributed by atoms with Gasteiger partial charge in [0, 0.05) is 0 Å². The van der Waals surface area contributed by atoms with Crippen molar-refractivity contribution < 1.29 is 44.3 Å². The smallest absolute Gasteiger partial charge is 0.333 e. The quantitative estimate of drug-likeness (QED) is 0.388. The fourth-order valence-corrected chi connectivity index (χ4v) is 2.27. The lowest BCUT2D eigenvalue weighted by atomic mass is 9.87. The van der Waals surface area contributed by atoms with E-state index in [0.717, 1.165) is 5.92 Å². The van der Waals surface area contributed by atoms with Crippen molar-refractivity contribution in [2.24, 2.45) is 17.8 Å². The molecule has 0 amide bonds. The van der Waals surface area contributed by atoms with Crippen LogP contribution in [0.25, 0.3) is 0 Å². The van der Waals surface area contributed by atoms with Crippen LogP contribution in [0.5, 0.6) is 0 Å². The van der Waals surface area contributed by atoms with Crippen LogP contribution in [0.15, 0.2) is 0 Å². The molecular weight excluding hydrogens is 340 g/mol. The Morgan fingerprint density at radius 3 is 1.24 bits per heavy atom. The van der Waals surface area contributed by atoms with Crippen LogP contribution in [0.4, 0.5) is 0 Å². The van der Waals surface area contributed by atoms with E-state index in [1.165, 1.54) is 12.8 Å². The maximum absolute atomic E-state index is 10.8. The number of hydrogen-bond donors (Lipinski definition) is 6. The first-order valence-corrected chi connectivity index (χ1v) is 7.11. The molecule has 1 rings (SSSR count). The minimum atomic E-state index is -1.99. The van der Waals surface area contributed by atoms with Gasteiger partial charge in [-0.1, -0.05) is 33.6 Å². The van der Waals surface area contributed by atoms with E-state index in [1.807, 2.05) is 0 Å². The van der Waals surface area contributed by atoms with Gasteiger partial charge in [0.1, 0.15) is 11.8 Å². The van der Waals surface area contributed by atoms with Gasteiger partial charge in [-0.3, -0.25) is 9.59 Å². The summed E-state index contributed by atoms with van der Waals surface area (Å²) in [6.07, 6.45) is -1.28. The van der Waals surface area contributed by atoms with Gasteiger partial charge in [-0.15, -0.1) is 0 Å². The Labute approximate surface area is 145 Å². The predicted octanol–water partition coefficient (Wildman–Crippen LogP) is 1.09. The largest absolute Gasteiger partial charge is 0.481 e. The molecule has 1 aliphatic rings. The Morgan fingerprint density at radius 2 is 1.12 bits per heavy atom. The van der Waals surface area contributed by atoms with E-state index < -0.39 is 47.9 Å². The molecule has 0 aromatic carbocycles. The molecule has 25 heavy (non-hydrogen) atoms. The zero-order valence-corrected chi connectivity index (χ0v) is 14.5. The van der Waals surface area contributed by atoms with Gasteiger partial charge in [0.2, 0.25) is 0 Å². The number of hydrogen-bond acceptors (Lipinski definition) is 7. The summed E-state index contributed by atoms with van der Waals surface area (Å²) in [4.78, 5) is 43.0. The normalized spacial score (nSPS) is 24.2. The molecule has 0 radical (unpaired) electrons. The number of aliphatic carboxylic acids is 4. The molecule has 0 spiro atoms. The van der Waals surface area contributed by atoms with Crippen LogP contribution >= 0.6 is 0 Å². The van der Waals surface area contributed by atoms with E-state index in [9.17, 15) is 19.2 Å². The summed E-state index contributed by atoms with van der Waals surface area (Å²) in [7, 11) is 0. The summed E-state index contributed by atoms with van der Waals surface area (Å²) in [5, 5.41) is 34.8. The highest BCUT2D eigenvalue weighted by atomic mass is 16.6. The zero-order chi connectivity index (χ0) is 18.3. The standard InChI is InChI=1S/C8H8O9.C6H14.2H3N/c9-5(10)1-2(6(11)12)4(8(15)16)17-3(1)7(13)14;1-4-5-6(2)3;;/h1-4H,(H,9,10)(H,11,12)(H,13,14)(H,15,16);6H,4-5H2,1-3H3;2*1H3. The van der Waals surface area contributed by atoms with Crippen molar-refractivity contribution in [3.8, 4) is 0 Å². The van der Waals surface area contributed by atoms with Crippen LogP contribution in [0.3, 0.4) is 0 Å². The lowest BCUT2D eigenvalue weighted by Gasteiger charge is -2.13. The highest BCUT2D eigenvalue weighted by Crippen LogP contribution is 2.33. The van der Waals surface area contributed by atoms with Gasteiger partial charge in [0.05, 0.1) is 0 Å². The highest BCUT2D eigenvalue weighted by molar-refractivity contribution is 5.92. The summed E-state index contributed by atoms with van der Waals surface area (Å²) in [6.45, 7) is 6.73. The minimum Gasteiger partial charge on any atom is -0.481 e. The molecule has 4 unspecified atom stereocenters. The average Bonchev–Trinajstić information content (AvgIpc) is 2.79. The van der Waals surface area contributed by atoms with Gasteiger partial charge in [-0.2, -0.15) is 0 Å². The first-order valence-electron chi connectivity index (χ1n) is 7.11. The SMILES string of the molecule is CCCC(C)C.N.N.O=C(O)C1OC(C(=O)O)C(C(=O)O)C1C(=O)O. The Morgan fingerprint density at radius 1 is 0.800 bits per heavy atom. The van der Waals surface area contributed by atoms with E-state index in [4.69, 9.17) is 20.4 Å². The Hall–Kier alpha value is -2.24. The predicted molar refractivity (Wildman–Crippen MR) is 86.0 cm³/mol. The Balaban J connectivity index is -0.000000525. The number of ether oxygens (including phenoxy) is 1. The van der Waals surface area contributed by atoms with Gasteiger partial charge in [-0.05, 0) is 5.92 Å². The molecule has 4 atom stereocenters. The van der Waals surface area contributed by atoms with Crippen molar-refractivity contribution in [2.45, 2.75) is 45.8 Å². The van der Waals surface area contributed by atoms with Crippen LogP contribution in [-0.2, 0) is 23.9 Å². The summed E-state index contributed by atoms with van der Waals surface area (Å²) in [6, 6.07) is 0. The zero-order valence-electron chi connectivity index (χ0n) is 14.5. The molecule has 0 aromatic heterocycles. The number of rotatable bonds is 6. The fourth-order valence-electron chi connectivity index (χ4n) is 2.27. The first-order chi connectivity index (χ1) is 10.5. The molecule has 1 heterocycles. The third-order valence-electron chi connectivity index (χ3n) is 3.26. The molecule has 1 saturated heterocycles. The molecule has 0 saturated carbocycles. The van der Waals surface area contributed by atoms with E-state index >= 15 is 0 Å². The van der Waals surface area contributed by atoms with Gasteiger partial charge in [0.25, 0.3) is 0 Å². The number of carbonyl (C=O) groups is 4. The fraction of sp³-hybridized carbons (Fsp3) is 0.714. The minimum absolute atomic E-state index is 0. The van der Waals surface area contributed by atoms with Crippen LogP contribution in [0.2, 0.25) is 0 Å². The van der Waals surface area contributed by atoms with E-state index in [0.29, 0.717) is 0 Å². The van der Waals surface area contributed by atoms with E-state index in [-0.39, 0.29) is 12.3 Å². The van der Waals surface area contributed by atoms with E-state index in [2.05, 4.69) is 25.5 Å². The van der Waals surface area contributed by atoms with Gasteiger partial charge < -0.3 is 37.5 Å². The van der Waals surface area contributed by atoms with Crippen molar-refractivity contribution in [1.82, 2.24) is 12.3 Å². The average molecular weight is 368 g/mol. The first kappa shape index (κ1) is 27.6. The number of carboxylic acids is 4. The Kier molecular flexibility index (Phi) is 13.4. The second kappa shape index (κ2) is 12.2. The molecule has 10 N–H and O–H groups in total. The third-order valence-corrected chi connectivity index (χ3v) is 3.26. The van der Waals surface area contributed by atoms with Crippen molar-refractivity contribution in [3.63, 3.8) is 0 Å². The van der Waals surface area contributed by atoms with Crippen LogP contribution in [0.1, 0.15) is 33.6 Å².